The number of amides is 2. The number of carbonyl (C=O) groups is 2. The summed E-state index contributed by atoms with van der Waals surface area (Å²) in [6, 6.07) is 2.02. The monoisotopic (exact) mass is 332 g/mol. The third-order valence-corrected chi connectivity index (χ3v) is 5.21. The van der Waals surface area contributed by atoms with E-state index in [1.165, 1.54) is 6.42 Å². The normalized spacial score (nSPS) is 22.2. The van der Waals surface area contributed by atoms with Crippen LogP contribution in [-0.4, -0.2) is 33.7 Å². The predicted molar refractivity (Wildman–Crippen MR) is 91.7 cm³/mol. The van der Waals surface area contributed by atoms with Crippen molar-refractivity contribution in [2.45, 2.75) is 77.9 Å². The highest BCUT2D eigenvalue weighted by Crippen LogP contribution is 2.36. The van der Waals surface area contributed by atoms with E-state index >= 15 is 0 Å². The molecule has 1 aromatic heterocycles. The Hall–Kier alpha value is -1.85. The zero-order chi connectivity index (χ0) is 17.3. The summed E-state index contributed by atoms with van der Waals surface area (Å²) in [5.41, 5.74) is 1.26. The first kappa shape index (κ1) is 17.0. The number of nitrogens with zero attached hydrogens (tertiary/aromatic N) is 2. The van der Waals surface area contributed by atoms with Crippen molar-refractivity contribution >= 4 is 11.8 Å². The van der Waals surface area contributed by atoms with Gasteiger partial charge in [0.2, 0.25) is 5.91 Å². The van der Waals surface area contributed by atoms with E-state index in [0.717, 1.165) is 37.8 Å². The molecule has 24 heavy (non-hydrogen) atoms. The molecule has 1 aliphatic carbocycles. The molecule has 6 heteroatoms. The van der Waals surface area contributed by atoms with Crippen LogP contribution in [-0.2, 0) is 17.8 Å². The van der Waals surface area contributed by atoms with Crippen molar-refractivity contribution in [1.29, 1.82) is 0 Å². The summed E-state index contributed by atoms with van der Waals surface area (Å²) in [7, 11) is 0. The number of fused-ring (bicyclic) bond motifs is 1. The van der Waals surface area contributed by atoms with Crippen LogP contribution in [0.2, 0.25) is 0 Å². The Morgan fingerprint density at radius 3 is 2.62 bits per heavy atom. The zero-order valence-electron chi connectivity index (χ0n) is 14.9. The smallest absolute Gasteiger partial charge is 0.271 e. The first-order chi connectivity index (χ1) is 11.4. The molecular weight excluding hydrogens is 304 g/mol. The summed E-state index contributed by atoms with van der Waals surface area (Å²) < 4.78 is 1.85. The fraction of sp³-hybridized carbons (Fsp3) is 0.722. The second-order valence-corrected chi connectivity index (χ2v) is 7.83. The molecule has 0 radical (unpaired) electrons. The molecule has 1 saturated carbocycles. The lowest BCUT2D eigenvalue weighted by Gasteiger charge is -2.33. The molecule has 3 rings (SSSR count). The Balaban J connectivity index is 1.58. The lowest BCUT2D eigenvalue weighted by atomic mass is 9.75. The summed E-state index contributed by atoms with van der Waals surface area (Å²) in [5.74, 6) is 0.0397. The Morgan fingerprint density at radius 1 is 1.29 bits per heavy atom. The molecule has 1 atom stereocenters. The highest BCUT2D eigenvalue weighted by atomic mass is 16.2. The minimum Gasteiger partial charge on any atom is -0.351 e. The molecule has 0 spiro atoms. The van der Waals surface area contributed by atoms with Gasteiger partial charge in [0.15, 0.2) is 0 Å². The molecule has 2 amide bonds. The van der Waals surface area contributed by atoms with Crippen LogP contribution in [0.3, 0.4) is 0 Å². The minimum atomic E-state index is -0.217. The van der Waals surface area contributed by atoms with Crippen molar-refractivity contribution in [1.82, 2.24) is 20.4 Å². The molecular formula is C18H28N4O2. The average Bonchev–Trinajstić information content (AvgIpc) is 3.05. The Kier molecular flexibility index (Phi) is 4.65. The fourth-order valence-electron chi connectivity index (χ4n) is 3.77. The molecule has 1 unspecified atom stereocenters. The number of hydrogen-bond donors (Lipinski definition) is 2. The van der Waals surface area contributed by atoms with Crippen molar-refractivity contribution in [3.8, 4) is 0 Å². The van der Waals surface area contributed by atoms with Crippen LogP contribution in [0.25, 0.3) is 0 Å². The zero-order valence-corrected chi connectivity index (χ0v) is 14.9. The summed E-state index contributed by atoms with van der Waals surface area (Å²) in [6.45, 7) is 6.59. The van der Waals surface area contributed by atoms with E-state index in [4.69, 9.17) is 0 Å². The summed E-state index contributed by atoms with van der Waals surface area (Å²) in [6.07, 6.45) is 6.23. The maximum absolute atomic E-state index is 12.6. The van der Waals surface area contributed by atoms with Crippen molar-refractivity contribution in [3.63, 3.8) is 0 Å². The van der Waals surface area contributed by atoms with Gasteiger partial charge in [-0.3, -0.25) is 14.3 Å². The van der Waals surface area contributed by atoms with Gasteiger partial charge in [-0.1, -0.05) is 26.2 Å². The van der Waals surface area contributed by atoms with Crippen molar-refractivity contribution in [2.75, 3.05) is 0 Å². The lowest BCUT2D eigenvalue weighted by molar-refractivity contribution is -0.132. The number of hydrogen-bond acceptors (Lipinski definition) is 3. The van der Waals surface area contributed by atoms with Gasteiger partial charge in [0, 0.05) is 23.6 Å². The van der Waals surface area contributed by atoms with Crippen molar-refractivity contribution in [2.24, 2.45) is 5.41 Å². The number of nitrogens with one attached hydrogen (secondary N) is 2. The average molecular weight is 332 g/mol. The van der Waals surface area contributed by atoms with Crippen molar-refractivity contribution in [3.05, 3.63) is 17.5 Å². The standard InChI is InChI=1S/C18H28N4O2/c1-12(2)19-16(23)15-10-14-9-13(11-22(14)21-15)20-17(24)18(3)7-5-4-6-8-18/h10,12-13H,4-9,11H2,1-3H3,(H,19,23)(H,20,24). The number of aromatic nitrogens is 2. The lowest BCUT2D eigenvalue weighted by Crippen LogP contribution is -2.45. The van der Waals surface area contributed by atoms with Gasteiger partial charge in [-0.2, -0.15) is 5.10 Å². The molecule has 2 N–H and O–H groups in total. The van der Waals surface area contributed by atoms with Gasteiger partial charge in [-0.25, -0.2) is 0 Å². The maximum Gasteiger partial charge on any atom is 0.271 e. The minimum absolute atomic E-state index is 0.0842. The van der Waals surface area contributed by atoms with Crippen LogP contribution in [0.15, 0.2) is 6.07 Å². The van der Waals surface area contributed by atoms with Gasteiger partial charge in [0.1, 0.15) is 5.69 Å². The topological polar surface area (TPSA) is 76.0 Å². The molecule has 132 valence electrons. The molecule has 2 heterocycles. The van der Waals surface area contributed by atoms with E-state index in [2.05, 4.69) is 22.7 Å². The molecule has 0 saturated heterocycles. The molecule has 0 aromatic carbocycles. The van der Waals surface area contributed by atoms with Gasteiger partial charge >= 0.3 is 0 Å². The van der Waals surface area contributed by atoms with Gasteiger partial charge < -0.3 is 10.6 Å². The van der Waals surface area contributed by atoms with Gasteiger partial charge in [-0.15, -0.1) is 0 Å². The summed E-state index contributed by atoms with van der Waals surface area (Å²) in [5, 5.41) is 10.4. The predicted octanol–water partition coefficient (Wildman–Crippen LogP) is 2.03. The summed E-state index contributed by atoms with van der Waals surface area (Å²) in [4.78, 5) is 24.7. The van der Waals surface area contributed by atoms with Crippen molar-refractivity contribution < 1.29 is 9.59 Å². The van der Waals surface area contributed by atoms with Crippen LogP contribution in [0.5, 0.6) is 0 Å². The van der Waals surface area contributed by atoms with E-state index in [1.54, 1.807) is 0 Å². The molecule has 1 fully saturated rings. The molecule has 1 aromatic rings. The van der Waals surface area contributed by atoms with Gasteiger partial charge in [-0.05, 0) is 32.8 Å². The largest absolute Gasteiger partial charge is 0.351 e. The quantitative estimate of drug-likeness (QED) is 0.886. The fourth-order valence-corrected chi connectivity index (χ4v) is 3.77. The first-order valence-electron chi connectivity index (χ1n) is 9.06. The number of rotatable bonds is 4. The highest BCUT2D eigenvalue weighted by molar-refractivity contribution is 5.92. The van der Waals surface area contributed by atoms with Gasteiger partial charge in [0.25, 0.3) is 5.91 Å². The second kappa shape index (κ2) is 6.57. The summed E-state index contributed by atoms with van der Waals surface area (Å²) >= 11 is 0. The molecule has 6 nitrogen and oxygen atoms in total. The van der Waals surface area contributed by atoms with E-state index in [1.807, 2.05) is 24.6 Å². The van der Waals surface area contributed by atoms with Crippen LogP contribution in [0.1, 0.15) is 69.1 Å². The maximum atomic E-state index is 12.6. The third-order valence-electron chi connectivity index (χ3n) is 5.21. The van der Waals surface area contributed by atoms with Crippen LogP contribution < -0.4 is 10.6 Å². The molecule has 2 aliphatic rings. The second-order valence-electron chi connectivity index (χ2n) is 7.83. The Bertz CT molecular complexity index is 605. The molecule has 1 aliphatic heterocycles. The van der Waals surface area contributed by atoms with Crippen LogP contribution >= 0.6 is 0 Å². The number of carbonyl (C=O) groups excluding carboxylic acids is 2. The van der Waals surface area contributed by atoms with Gasteiger partial charge in [0.05, 0.1) is 12.6 Å². The van der Waals surface area contributed by atoms with E-state index in [-0.39, 0.29) is 29.3 Å². The third kappa shape index (κ3) is 3.47. The van der Waals surface area contributed by atoms with Crippen LogP contribution in [0.4, 0.5) is 0 Å². The van der Waals surface area contributed by atoms with Crippen LogP contribution in [0, 0.1) is 5.41 Å². The van der Waals surface area contributed by atoms with E-state index < -0.39 is 0 Å². The Labute approximate surface area is 143 Å². The SMILES string of the molecule is CC(C)NC(=O)c1cc2n(n1)CC(NC(=O)C1(C)CCCCC1)C2. The van der Waals surface area contributed by atoms with E-state index in [0.29, 0.717) is 12.2 Å². The molecule has 0 bridgehead atoms. The Morgan fingerprint density at radius 2 is 2.00 bits per heavy atom. The first-order valence-corrected chi connectivity index (χ1v) is 9.06. The van der Waals surface area contributed by atoms with E-state index in [9.17, 15) is 9.59 Å². The highest BCUT2D eigenvalue weighted by Gasteiger charge is 2.36.